The molecule has 0 aromatic heterocycles. The summed E-state index contributed by atoms with van der Waals surface area (Å²) in [5.41, 5.74) is 0.464. The number of nitrogens with one attached hydrogen (secondary N) is 1. The van der Waals surface area contributed by atoms with Crippen LogP contribution in [0.1, 0.15) is 25.3 Å². The van der Waals surface area contributed by atoms with Gasteiger partial charge in [0.05, 0.1) is 18.6 Å². The Morgan fingerprint density at radius 3 is 3.00 bits per heavy atom. The third-order valence-electron chi connectivity index (χ3n) is 3.16. The summed E-state index contributed by atoms with van der Waals surface area (Å²) in [4.78, 5) is 11.1. The molecular weight excluding hydrogens is 218 g/mol. The van der Waals surface area contributed by atoms with Crippen molar-refractivity contribution in [3.8, 4) is 5.75 Å². The van der Waals surface area contributed by atoms with Crippen molar-refractivity contribution in [2.75, 3.05) is 13.2 Å². The van der Waals surface area contributed by atoms with Crippen molar-refractivity contribution in [2.45, 2.75) is 25.3 Å². The first-order chi connectivity index (χ1) is 8.18. The SMILES string of the molecule is CCNC1(CC(=O)O)CCOc2ccccc21. The van der Waals surface area contributed by atoms with Crippen LogP contribution in [0.15, 0.2) is 24.3 Å². The Kier molecular flexibility index (Phi) is 3.33. The number of carboxylic acids is 1. The second-order valence-electron chi connectivity index (χ2n) is 4.28. The molecule has 17 heavy (non-hydrogen) atoms. The Balaban J connectivity index is 2.43. The molecule has 2 N–H and O–H groups in total. The van der Waals surface area contributed by atoms with Crippen LogP contribution in [0.5, 0.6) is 5.75 Å². The van der Waals surface area contributed by atoms with Crippen LogP contribution in [-0.2, 0) is 10.3 Å². The van der Waals surface area contributed by atoms with Crippen LogP contribution in [0.4, 0.5) is 0 Å². The summed E-state index contributed by atoms with van der Waals surface area (Å²) < 4.78 is 5.57. The fraction of sp³-hybridized carbons (Fsp3) is 0.462. The quantitative estimate of drug-likeness (QED) is 0.834. The van der Waals surface area contributed by atoms with E-state index >= 15 is 0 Å². The van der Waals surface area contributed by atoms with E-state index in [1.807, 2.05) is 31.2 Å². The van der Waals surface area contributed by atoms with Crippen molar-refractivity contribution >= 4 is 5.97 Å². The number of rotatable bonds is 4. The molecule has 1 aromatic carbocycles. The molecule has 1 heterocycles. The molecule has 0 aliphatic carbocycles. The summed E-state index contributed by atoms with van der Waals surface area (Å²) in [6, 6.07) is 7.66. The molecule has 0 saturated heterocycles. The fourth-order valence-electron chi connectivity index (χ4n) is 2.48. The lowest BCUT2D eigenvalue weighted by Gasteiger charge is -2.38. The molecule has 2 rings (SSSR count). The van der Waals surface area contributed by atoms with Crippen molar-refractivity contribution in [1.82, 2.24) is 5.32 Å². The Hall–Kier alpha value is -1.55. The van der Waals surface area contributed by atoms with E-state index in [1.54, 1.807) is 0 Å². The minimum absolute atomic E-state index is 0.0845. The molecule has 0 fully saturated rings. The number of hydrogen-bond donors (Lipinski definition) is 2. The zero-order valence-electron chi connectivity index (χ0n) is 9.90. The standard InChI is InChI=1S/C13H17NO3/c1-2-14-13(9-12(15)16)7-8-17-11-6-4-3-5-10(11)13/h3-6,14H,2,7-9H2,1H3,(H,15,16). The number of carboxylic acid groups (broad SMARTS) is 1. The van der Waals surface area contributed by atoms with Gasteiger partial charge in [-0.25, -0.2) is 0 Å². The highest BCUT2D eigenvalue weighted by Gasteiger charge is 2.38. The zero-order valence-corrected chi connectivity index (χ0v) is 9.90. The number of para-hydroxylation sites is 1. The van der Waals surface area contributed by atoms with Crippen molar-refractivity contribution in [3.63, 3.8) is 0 Å². The highest BCUT2D eigenvalue weighted by atomic mass is 16.5. The third kappa shape index (κ3) is 2.26. The van der Waals surface area contributed by atoms with Crippen LogP contribution < -0.4 is 10.1 Å². The molecule has 0 amide bonds. The lowest BCUT2D eigenvalue weighted by molar-refractivity contribution is -0.139. The average Bonchev–Trinajstić information content (AvgIpc) is 2.29. The molecule has 4 heteroatoms. The number of aliphatic carboxylic acids is 1. The fourth-order valence-corrected chi connectivity index (χ4v) is 2.48. The molecular formula is C13H17NO3. The van der Waals surface area contributed by atoms with E-state index < -0.39 is 11.5 Å². The van der Waals surface area contributed by atoms with Crippen LogP contribution in [-0.4, -0.2) is 24.2 Å². The summed E-state index contributed by atoms with van der Waals surface area (Å²) in [7, 11) is 0. The van der Waals surface area contributed by atoms with Gasteiger partial charge < -0.3 is 15.2 Å². The van der Waals surface area contributed by atoms with Gasteiger partial charge in [-0.1, -0.05) is 25.1 Å². The summed E-state index contributed by atoms with van der Waals surface area (Å²) in [6.07, 6.45) is 0.769. The predicted molar refractivity (Wildman–Crippen MR) is 64.2 cm³/mol. The van der Waals surface area contributed by atoms with Gasteiger partial charge in [0.2, 0.25) is 0 Å². The van der Waals surface area contributed by atoms with Crippen molar-refractivity contribution in [3.05, 3.63) is 29.8 Å². The van der Waals surface area contributed by atoms with Crippen LogP contribution in [0.25, 0.3) is 0 Å². The van der Waals surface area contributed by atoms with Crippen molar-refractivity contribution in [2.24, 2.45) is 0 Å². The molecule has 92 valence electrons. The highest BCUT2D eigenvalue weighted by molar-refractivity contribution is 5.69. The Morgan fingerprint density at radius 1 is 1.53 bits per heavy atom. The third-order valence-corrected chi connectivity index (χ3v) is 3.16. The molecule has 1 aliphatic rings. The Morgan fingerprint density at radius 2 is 2.29 bits per heavy atom. The second-order valence-corrected chi connectivity index (χ2v) is 4.28. The van der Waals surface area contributed by atoms with E-state index in [1.165, 1.54) is 0 Å². The largest absolute Gasteiger partial charge is 0.493 e. The predicted octanol–water partition coefficient (Wildman–Crippen LogP) is 1.75. The topological polar surface area (TPSA) is 58.6 Å². The molecule has 0 spiro atoms. The van der Waals surface area contributed by atoms with Gasteiger partial charge in [0, 0.05) is 12.0 Å². The van der Waals surface area contributed by atoms with Gasteiger partial charge in [-0.2, -0.15) is 0 Å². The number of hydrogen-bond acceptors (Lipinski definition) is 3. The Labute approximate surface area is 101 Å². The summed E-state index contributed by atoms with van der Waals surface area (Å²) in [5.74, 6) is 0.00334. The van der Waals surface area contributed by atoms with Gasteiger partial charge in [-0.15, -0.1) is 0 Å². The first kappa shape index (κ1) is 11.9. The lowest BCUT2D eigenvalue weighted by Crippen LogP contribution is -2.47. The molecule has 1 aliphatic heterocycles. The highest BCUT2D eigenvalue weighted by Crippen LogP contribution is 2.39. The summed E-state index contributed by atoms with van der Waals surface area (Å²) >= 11 is 0. The number of benzene rings is 1. The summed E-state index contributed by atoms with van der Waals surface area (Å²) in [6.45, 7) is 3.28. The average molecular weight is 235 g/mol. The second kappa shape index (κ2) is 4.75. The maximum Gasteiger partial charge on any atom is 0.305 e. The molecule has 0 saturated carbocycles. The van der Waals surface area contributed by atoms with Gasteiger partial charge in [0.25, 0.3) is 0 Å². The maximum absolute atomic E-state index is 11.1. The number of fused-ring (bicyclic) bond motifs is 1. The molecule has 1 aromatic rings. The van der Waals surface area contributed by atoms with Gasteiger partial charge in [0.1, 0.15) is 5.75 Å². The van der Waals surface area contributed by atoms with E-state index in [0.717, 1.165) is 17.9 Å². The minimum atomic E-state index is -0.789. The van der Waals surface area contributed by atoms with Gasteiger partial charge in [0.15, 0.2) is 0 Å². The molecule has 1 atom stereocenters. The van der Waals surface area contributed by atoms with Gasteiger partial charge in [-0.05, 0) is 12.6 Å². The van der Waals surface area contributed by atoms with Gasteiger partial charge >= 0.3 is 5.97 Å². The maximum atomic E-state index is 11.1. The molecule has 0 radical (unpaired) electrons. The molecule has 0 bridgehead atoms. The van der Waals surface area contributed by atoms with E-state index in [0.29, 0.717) is 13.0 Å². The van der Waals surface area contributed by atoms with E-state index in [2.05, 4.69) is 5.32 Å². The minimum Gasteiger partial charge on any atom is -0.493 e. The van der Waals surface area contributed by atoms with Crippen LogP contribution >= 0.6 is 0 Å². The van der Waals surface area contributed by atoms with Crippen LogP contribution in [0, 0.1) is 0 Å². The van der Waals surface area contributed by atoms with Crippen molar-refractivity contribution < 1.29 is 14.6 Å². The first-order valence-corrected chi connectivity index (χ1v) is 5.87. The molecule has 1 unspecified atom stereocenters. The normalized spacial score (nSPS) is 22.6. The lowest BCUT2D eigenvalue weighted by atomic mass is 9.81. The van der Waals surface area contributed by atoms with E-state index in [4.69, 9.17) is 9.84 Å². The van der Waals surface area contributed by atoms with Crippen molar-refractivity contribution in [1.29, 1.82) is 0 Å². The molecule has 4 nitrogen and oxygen atoms in total. The monoisotopic (exact) mass is 235 g/mol. The van der Waals surface area contributed by atoms with Crippen LogP contribution in [0.2, 0.25) is 0 Å². The Bertz CT molecular complexity index is 419. The number of carbonyl (C=O) groups is 1. The first-order valence-electron chi connectivity index (χ1n) is 5.87. The van der Waals surface area contributed by atoms with E-state index in [9.17, 15) is 4.79 Å². The van der Waals surface area contributed by atoms with E-state index in [-0.39, 0.29) is 6.42 Å². The van der Waals surface area contributed by atoms with Gasteiger partial charge in [-0.3, -0.25) is 4.79 Å². The zero-order chi connectivity index (χ0) is 12.3. The summed E-state index contributed by atoms with van der Waals surface area (Å²) in [5, 5.41) is 12.4. The smallest absolute Gasteiger partial charge is 0.305 e. The van der Waals surface area contributed by atoms with Crippen LogP contribution in [0.3, 0.4) is 0 Å². The number of ether oxygens (including phenoxy) is 1.